The highest BCUT2D eigenvalue weighted by Gasteiger charge is 2.12. The Morgan fingerprint density at radius 1 is 1.32 bits per heavy atom. The van der Waals surface area contributed by atoms with Gasteiger partial charge in [0, 0.05) is 12.2 Å². The fourth-order valence-electron chi connectivity index (χ4n) is 2.28. The summed E-state index contributed by atoms with van der Waals surface area (Å²) in [5, 5.41) is 12.7. The molecule has 5 heteroatoms. The van der Waals surface area contributed by atoms with Gasteiger partial charge in [-0.15, -0.1) is 0 Å². The lowest BCUT2D eigenvalue weighted by molar-refractivity contribution is 0.371. The van der Waals surface area contributed by atoms with E-state index in [2.05, 4.69) is 43.4 Å². The van der Waals surface area contributed by atoms with E-state index in [0.29, 0.717) is 24.6 Å². The molecule has 1 aromatic heterocycles. The number of furan rings is 1. The molecule has 2 aromatic rings. The molecule has 1 N–H and O–H groups in total. The molecule has 0 saturated heterocycles. The number of nitrogens with zero attached hydrogens (tertiary/aromatic N) is 2. The zero-order chi connectivity index (χ0) is 15.9. The third kappa shape index (κ3) is 4.61. The summed E-state index contributed by atoms with van der Waals surface area (Å²) in [5.74, 6) is 0.822. The number of thiocarbonyl (C=S) groups is 1. The predicted molar refractivity (Wildman–Crippen MR) is 91.5 cm³/mol. The van der Waals surface area contributed by atoms with Crippen LogP contribution in [-0.2, 0) is 6.54 Å². The van der Waals surface area contributed by atoms with Crippen molar-refractivity contribution in [3.05, 3.63) is 53.5 Å². The van der Waals surface area contributed by atoms with Crippen molar-refractivity contribution in [1.29, 1.82) is 5.26 Å². The van der Waals surface area contributed by atoms with Crippen LogP contribution >= 0.6 is 12.2 Å². The van der Waals surface area contributed by atoms with Crippen LogP contribution in [0, 0.1) is 25.2 Å². The van der Waals surface area contributed by atoms with E-state index < -0.39 is 0 Å². The number of hydrogen-bond donors (Lipinski definition) is 1. The smallest absolute Gasteiger partial charge is 0.173 e. The number of nitrogens with one attached hydrogen (secondary N) is 1. The molecule has 0 aliphatic carbocycles. The standard InChI is InChI=1S/C17H19N3OS/c1-13-9-14(2)11-15(10-13)19-17(22)20(7-4-6-18)12-16-5-3-8-21-16/h3,5,8-11H,4,7,12H2,1-2H3,(H,19,22). The molecule has 2 rings (SSSR count). The lowest BCUT2D eigenvalue weighted by atomic mass is 10.1. The molecule has 0 spiro atoms. The number of aryl methyl sites for hydroxylation is 2. The summed E-state index contributed by atoms with van der Waals surface area (Å²) in [5.41, 5.74) is 3.32. The molecule has 0 fully saturated rings. The number of benzene rings is 1. The molecule has 1 heterocycles. The lowest BCUT2D eigenvalue weighted by Gasteiger charge is -2.24. The summed E-state index contributed by atoms with van der Waals surface area (Å²) in [6, 6.07) is 12.1. The van der Waals surface area contributed by atoms with Crippen LogP contribution in [-0.4, -0.2) is 16.6 Å². The van der Waals surface area contributed by atoms with Crippen molar-refractivity contribution < 1.29 is 4.42 Å². The fourth-order valence-corrected chi connectivity index (χ4v) is 2.55. The van der Waals surface area contributed by atoms with Crippen molar-refractivity contribution in [2.45, 2.75) is 26.8 Å². The second-order valence-electron chi connectivity index (χ2n) is 5.22. The van der Waals surface area contributed by atoms with E-state index >= 15 is 0 Å². The summed E-state index contributed by atoms with van der Waals surface area (Å²) in [7, 11) is 0. The van der Waals surface area contributed by atoms with Crippen molar-refractivity contribution in [2.75, 3.05) is 11.9 Å². The molecular formula is C17H19N3OS. The summed E-state index contributed by atoms with van der Waals surface area (Å²) in [4.78, 5) is 1.94. The molecule has 0 aliphatic heterocycles. The van der Waals surface area contributed by atoms with Crippen LogP contribution in [0.4, 0.5) is 5.69 Å². The van der Waals surface area contributed by atoms with E-state index in [1.807, 2.05) is 17.0 Å². The third-order valence-corrected chi connectivity index (χ3v) is 3.54. The quantitative estimate of drug-likeness (QED) is 0.845. The van der Waals surface area contributed by atoms with Gasteiger partial charge in [0.2, 0.25) is 0 Å². The first kappa shape index (κ1) is 16.1. The summed E-state index contributed by atoms with van der Waals surface area (Å²) in [6.45, 7) is 5.22. The van der Waals surface area contributed by atoms with Crippen LogP contribution in [0.3, 0.4) is 0 Å². The molecule has 1 aromatic carbocycles. The maximum absolute atomic E-state index is 8.82. The minimum Gasteiger partial charge on any atom is -0.467 e. The van der Waals surface area contributed by atoms with E-state index in [4.69, 9.17) is 21.9 Å². The predicted octanol–water partition coefficient (Wildman–Crippen LogP) is 4.01. The first-order valence-electron chi connectivity index (χ1n) is 7.12. The molecule has 0 unspecified atom stereocenters. The van der Waals surface area contributed by atoms with Gasteiger partial charge in [0.1, 0.15) is 5.76 Å². The molecular weight excluding hydrogens is 294 g/mol. The third-order valence-electron chi connectivity index (χ3n) is 3.18. The van der Waals surface area contributed by atoms with Crippen molar-refractivity contribution >= 4 is 23.0 Å². The molecule has 0 bridgehead atoms. The first-order chi connectivity index (χ1) is 10.6. The molecule has 0 saturated carbocycles. The SMILES string of the molecule is Cc1cc(C)cc(NC(=S)N(CCC#N)Cc2ccco2)c1. The second-order valence-corrected chi connectivity index (χ2v) is 5.60. The van der Waals surface area contributed by atoms with Crippen molar-refractivity contribution in [2.24, 2.45) is 0 Å². The minimum absolute atomic E-state index is 0.412. The van der Waals surface area contributed by atoms with Crippen LogP contribution in [0.2, 0.25) is 0 Å². The second kappa shape index (κ2) is 7.62. The Balaban J connectivity index is 2.09. The zero-order valence-corrected chi connectivity index (χ0v) is 13.6. The van der Waals surface area contributed by atoms with Crippen molar-refractivity contribution in [3.63, 3.8) is 0 Å². The maximum atomic E-state index is 8.82. The van der Waals surface area contributed by atoms with E-state index in [9.17, 15) is 0 Å². The van der Waals surface area contributed by atoms with Crippen LogP contribution in [0.5, 0.6) is 0 Å². The normalized spacial score (nSPS) is 10.0. The summed E-state index contributed by atoms with van der Waals surface area (Å²) in [6.07, 6.45) is 2.05. The largest absolute Gasteiger partial charge is 0.467 e. The van der Waals surface area contributed by atoms with Crippen LogP contribution < -0.4 is 5.32 Å². The van der Waals surface area contributed by atoms with E-state index in [1.54, 1.807) is 6.26 Å². The number of rotatable bonds is 5. The van der Waals surface area contributed by atoms with Gasteiger partial charge in [0.25, 0.3) is 0 Å². The number of nitriles is 1. The van der Waals surface area contributed by atoms with E-state index in [-0.39, 0.29) is 0 Å². The van der Waals surface area contributed by atoms with Gasteiger partial charge in [-0.3, -0.25) is 0 Å². The highest BCUT2D eigenvalue weighted by molar-refractivity contribution is 7.80. The molecule has 0 radical (unpaired) electrons. The van der Waals surface area contributed by atoms with Gasteiger partial charge in [0.15, 0.2) is 5.11 Å². The molecule has 0 atom stereocenters. The topological polar surface area (TPSA) is 52.2 Å². The highest BCUT2D eigenvalue weighted by Crippen LogP contribution is 2.15. The molecule has 22 heavy (non-hydrogen) atoms. The van der Waals surface area contributed by atoms with Gasteiger partial charge in [-0.25, -0.2) is 0 Å². The Morgan fingerprint density at radius 3 is 2.64 bits per heavy atom. The Bertz CT molecular complexity index is 653. The van der Waals surface area contributed by atoms with E-state index in [0.717, 1.165) is 11.4 Å². The summed E-state index contributed by atoms with van der Waals surface area (Å²) >= 11 is 5.49. The first-order valence-corrected chi connectivity index (χ1v) is 7.53. The van der Waals surface area contributed by atoms with Gasteiger partial charge in [0.05, 0.1) is 25.3 Å². The van der Waals surface area contributed by atoms with Gasteiger partial charge in [-0.1, -0.05) is 6.07 Å². The average Bonchev–Trinajstić information content (AvgIpc) is 2.95. The Hall–Kier alpha value is -2.32. The molecule has 0 aliphatic rings. The fraction of sp³-hybridized carbons (Fsp3) is 0.294. The zero-order valence-electron chi connectivity index (χ0n) is 12.8. The molecule has 4 nitrogen and oxygen atoms in total. The molecule has 114 valence electrons. The van der Waals surface area contributed by atoms with Crippen molar-refractivity contribution in [3.8, 4) is 6.07 Å². The summed E-state index contributed by atoms with van der Waals surface area (Å²) < 4.78 is 5.37. The van der Waals surface area contributed by atoms with Gasteiger partial charge in [-0.2, -0.15) is 5.26 Å². The van der Waals surface area contributed by atoms with Gasteiger partial charge < -0.3 is 14.6 Å². The number of anilines is 1. The Labute approximate surface area is 136 Å². The molecule has 0 amide bonds. The number of hydrogen-bond acceptors (Lipinski definition) is 3. The van der Waals surface area contributed by atoms with E-state index in [1.165, 1.54) is 11.1 Å². The average molecular weight is 313 g/mol. The van der Waals surface area contributed by atoms with Gasteiger partial charge >= 0.3 is 0 Å². The van der Waals surface area contributed by atoms with Crippen molar-refractivity contribution in [1.82, 2.24) is 4.90 Å². The minimum atomic E-state index is 0.412. The van der Waals surface area contributed by atoms with Crippen LogP contribution in [0.1, 0.15) is 23.3 Å². The van der Waals surface area contributed by atoms with Gasteiger partial charge in [-0.05, 0) is 61.5 Å². The lowest BCUT2D eigenvalue weighted by Crippen LogP contribution is -2.34. The maximum Gasteiger partial charge on any atom is 0.173 e. The van der Waals surface area contributed by atoms with Crippen LogP contribution in [0.25, 0.3) is 0 Å². The monoisotopic (exact) mass is 313 g/mol. The Kier molecular flexibility index (Phi) is 5.56. The Morgan fingerprint density at radius 2 is 2.05 bits per heavy atom. The van der Waals surface area contributed by atoms with Crippen LogP contribution in [0.15, 0.2) is 41.0 Å². The highest BCUT2D eigenvalue weighted by atomic mass is 32.1.